The molecule has 0 amide bonds. The van der Waals surface area contributed by atoms with Gasteiger partial charge in [0.15, 0.2) is 0 Å². The van der Waals surface area contributed by atoms with Crippen LogP contribution in [-0.4, -0.2) is 7.05 Å². The fraction of sp³-hybridized carbons (Fsp3) is 0.143. The average Bonchev–Trinajstić information content (AvgIpc) is 2.01. The van der Waals surface area contributed by atoms with Crippen molar-refractivity contribution in [2.24, 2.45) is 3.60 Å². The third-order valence-electron chi connectivity index (χ3n) is 1.38. The van der Waals surface area contributed by atoms with Crippen LogP contribution in [0.25, 0.3) is 0 Å². The van der Waals surface area contributed by atoms with Crippen molar-refractivity contribution in [3.8, 4) is 0 Å². The van der Waals surface area contributed by atoms with Crippen molar-refractivity contribution in [2.75, 3.05) is 12.1 Å². The fourth-order valence-electron chi connectivity index (χ4n) is 0.876. The molecule has 1 rings (SSSR count). The molecule has 1 aromatic carbocycles. The second-order valence-corrected chi connectivity index (χ2v) is 25.9. The first-order valence-corrected chi connectivity index (χ1v) is 14.8. The number of benzene rings is 1. The van der Waals surface area contributed by atoms with E-state index in [-0.39, 0.29) is 0 Å². The number of rotatable bonds is 2. The maximum absolute atomic E-state index is 5.71. The Kier molecular flexibility index (Phi) is 3.88. The second kappa shape index (κ2) is 4.27. The van der Waals surface area contributed by atoms with Crippen molar-refractivity contribution in [2.45, 2.75) is 0 Å². The predicted octanol–water partition coefficient (Wildman–Crippen LogP) is 4.53. The summed E-state index contributed by atoms with van der Waals surface area (Å²) in [6.45, 7) is 0. The molecule has 7 heteroatoms. The van der Waals surface area contributed by atoms with Gasteiger partial charge in [-0.2, -0.15) is 0 Å². The molecular formula is C7H8Cl4MoN2. The minimum absolute atomic E-state index is 0.825. The second-order valence-electron chi connectivity index (χ2n) is 2.57. The molecule has 0 radical (unpaired) electrons. The van der Waals surface area contributed by atoms with Crippen LogP contribution in [0.4, 0.5) is 5.69 Å². The Bertz CT molecular complexity index is 362. The number of para-hydroxylation sites is 1. The van der Waals surface area contributed by atoms with E-state index < -0.39 is 10.5 Å². The predicted molar refractivity (Wildman–Crippen MR) is 60.7 cm³/mol. The molecule has 0 heterocycles. The first-order chi connectivity index (χ1) is 6.24. The maximum atomic E-state index is 5.71. The summed E-state index contributed by atoms with van der Waals surface area (Å²) < 4.78 is 3.90. The van der Waals surface area contributed by atoms with Crippen molar-refractivity contribution in [1.29, 1.82) is 0 Å². The summed E-state index contributed by atoms with van der Waals surface area (Å²) >= 11 is 0. The van der Waals surface area contributed by atoms with Gasteiger partial charge in [-0.3, -0.25) is 0 Å². The first kappa shape index (κ1) is 12.7. The van der Waals surface area contributed by atoms with Gasteiger partial charge in [0, 0.05) is 0 Å². The summed E-state index contributed by atoms with van der Waals surface area (Å²) in [5.74, 6) is 0. The summed E-state index contributed by atoms with van der Waals surface area (Å²) in [5, 5.41) is 1.48. The zero-order valence-corrected chi connectivity index (χ0v) is 12.2. The molecule has 0 bridgehead atoms. The Labute approximate surface area is 99.1 Å². The Morgan fingerprint density at radius 3 is 2.00 bits per heavy atom. The molecule has 0 spiro atoms. The van der Waals surface area contributed by atoms with Gasteiger partial charge in [-0.05, 0) is 0 Å². The van der Waals surface area contributed by atoms with E-state index in [1.54, 1.807) is 7.05 Å². The van der Waals surface area contributed by atoms with Gasteiger partial charge in [0.2, 0.25) is 0 Å². The van der Waals surface area contributed by atoms with Crippen molar-refractivity contribution in [3.05, 3.63) is 30.3 Å². The molecule has 2 nitrogen and oxygen atoms in total. The van der Waals surface area contributed by atoms with Crippen LogP contribution < -0.4 is 5.01 Å². The molecule has 80 valence electrons. The van der Waals surface area contributed by atoms with Crippen LogP contribution in [0, 0.1) is 0 Å². The molecule has 0 aromatic heterocycles. The van der Waals surface area contributed by atoms with Crippen LogP contribution in [0.2, 0.25) is 0 Å². The third-order valence-corrected chi connectivity index (χ3v) is 4.05. The monoisotopic (exact) mass is 358 g/mol. The van der Waals surface area contributed by atoms with Gasteiger partial charge in [-0.1, -0.05) is 0 Å². The molecule has 0 saturated carbocycles. The van der Waals surface area contributed by atoms with E-state index in [9.17, 15) is 0 Å². The molecule has 0 aliphatic rings. The van der Waals surface area contributed by atoms with Crippen molar-refractivity contribution < 1.29 is 10.5 Å². The van der Waals surface area contributed by atoms with E-state index in [1.807, 2.05) is 30.3 Å². The van der Waals surface area contributed by atoms with Crippen LogP contribution >= 0.6 is 37.7 Å². The van der Waals surface area contributed by atoms with Gasteiger partial charge in [-0.15, -0.1) is 0 Å². The summed E-state index contributed by atoms with van der Waals surface area (Å²) in [4.78, 5) is 0. The van der Waals surface area contributed by atoms with Crippen LogP contribution in [0.3, 0.4) is 0 Å². The van der Waals surface area contributed by atoms with Gasteiger partial charge in [-0.25, -0.2) is 0 Å². The Morgan fingerprint density at radius 1 is 1.07 bits per heavy atom. The molecule has 0 fully saturated rings. The minimum atomic E-state index is -4.59. The number of hydrogen-bond donors (Lipinski definition) is 0. The molecule has 0 aliphatic carbocycles. The van der Waals surface area contributed by atoms with Crippen molar-refractivity contribution in [3.63, 3.8) is 0 Å². The molecule has 0 saturated heterocycles. The zero-order valence-electron chi connectivity index (χ0n) is 7.20. The fourth-order valence-corrected chi connectivity index (χ4v) is 4.21. The van der Waals surface area contributed by atoms with Gasteiger partial charge in [0.1, 0.15) is 0 Å². The SMILES string of the molecule is CN([N]=[Mo]([Cl])([Cl])([Cl])[Cl])c1ccccc1. The Morgan fingerprint density at radius 2 is 1.57 bits per heavy atom. The van der Waals surface area contributed by atoms with E-state index in [0.717, 1.165) is 5.69 Å². The topological polar surface area (TPSA) is 15.6 Å². The molecule has 1 aromatic rings. The van der Waals surface area contributed by atoms with E-state index in [1.165, 1.54) is 5.01 Å². The number of halogens is 4. The van der Waals surface area contributed by atoms with Crippen molar-refractivity contribution in [1.82, 2.24) is 0 Å². The zero-order chi connectivity index (χ0) is 10.8. The molecular weight excluding hydrogens is 350 g/mol. The summed E-state index contributed by atoms with van der Waals surface area (Å²) in [7, 11) is 20.0. The Hall–Kier alpha value is 0.668. The number of nitrogens with zero attached hydrogens (tertiary/aromatic N) is 2. The van der Waals surface area contributed by atoms with E-state index in [0.29, 0.717) is 0 Å². The van der Waals surface area contributed by atoms with Gasteiger partial charge >= 0.3 is 99.8 Å². The summed E-state index contributed by atoms with van der Waals surface area (Å²) in [5.41, 5.74) is 0.825. The third kappa shape index (κ3) is 4.95. The molecule has 14 heavy (non-hydrogen) atoms. The average molecular weight is 358 g/mol. The molecule has 0 N–H and O–H groups in total. The van der Waals surface area contributed by atoms with Crippen LogP contribution in [0.1, 0.15) is 0 Å². The van der Waals surface area contributed by atoms with E-state index in [4.69, 9.17) is 37.7 Å². The molecule has 0 aliphatic heterocycles. The number of hydrogen-bond acceptors (Lipinski definition) is 2. The van der Waals surface area contributed by atoms with Crippen LogP contribution in [0.5, 0.6) is 0 Å². The Balaban J connectivity index is 3.01. The molecule has 0 atom stereocenters. The van der Waals surface area contributed by atoms with Crippen molar-refractivity contribution >= 4 is 43.4 Å². The van der Waals surface area contributed by atoms with E-state index in [2.05, 4.69) is 3.60 Å². The van der Waals surface area contributed by atoms with Gasteiger partial charge < -0.3 is 0 Å². The molecule has 0 unspecified atom stereocenters. The summed E-state index contributed by atoms with van der Waals surface area (Å²) in [6, 6.07) is 9.33. The van der Waals surface area contributed by atoms with Gasteiger partial charge in [0.25, 0.3) is 0 Å². The summed E-state index contributed by atoms with van der Waals surface area (Å²) in [6.07, 6.45) is 0. The number of anilines is 1. The van der Waals surface area contributed by atoms with E-state index >= 15 is 0 Å². The van der Waals surface area contributed by atoms with Gasteiger partial charge in [0.05, 0.1) is 0 Å². The van der Waals surface area contributed by atoms with Crippen LogP contribution in [0.15, 0.2) is 33.9 Å². The quantitative estimate of drug-likeness (QED) is 0.561. The normalized spacial score (nSPS) is 14.2. The first-order valence-electron chi connectivity index (χ1n) is 3.58. The van der Waals surface area contributed by atoms with Crippen LogP contribution in [-0.2, 0) is 10.5 Å². The standard InChI is InChI=1S/C7H8N2.4ClH.Mo/c1-9(8)7-5-3-2-4-6-7;;;;;/h2-6H,1H3;4*1H;/q;;;;;+4/p-4.